The van der Waals surface area contributed by atoms with Gasteiger partial charge in [0, 0.05) is 44.9 Å². The van der Waals surface area contributed by atoms with E-state index < -0.39 is 0 Å². The Bertz CT molecular complexity index is 3060. The summed E-state index contributed by atoms with van der Waals surface area (Å²) in [5.74, 6) is 1.64. The smallest absolute Gasteiger partial charge is 0.119 e. The standard InChI is InChI=1S/C57H43N3O2/c1-61-53-32-28-51(29-33-53)59(47-9-5-3-6-10-47)49-24-18-41(19-25-49)13-15-43-22-36-55-46(37-43)39-45-23-17-44(38-56(45)57(55)40-58)16-14-42-20-26-50(27-21-42)60(48-11-7-4-8-12-48)52-30-34-54(62-2)35-31-52/h3-39H,1-2H3/b15-13+,16-14+. The Hall–Kier alpha value is -8.33. The Morgan fingerprint density at radius 3 is 1.21 bits per heavy atom. The first-order valence-electron chi connectivity index (χ1n) is 20.5. The van der Waals surface area contributed by atoms with E-state index in [0.29, 0.717) is 5.56 Å². The first kappa shape index (κ1) is 39.1. The quantitative estimate of drug-likeness (QED) is 0.0910. The van der Waals surface area contributed by atoms with Gasteiger partial charge in [0.2, 0.25) is 0 Å². The van der Waals surface area contributed by atoms with Crippen molar-refractivity contribution in [2.75, 3.05) is 24.0 Å². The van der Waals surface area contributed by atoms with Crippen LogP contribution >= 0.6 is 0 Å². The molecule has 0 spiro atoms. The number of para-hydroxylation sites is 2. The number of hydrogen-bond acceptors (Lipinski definition) is 5. The topological polar surface area (TPSA) is 48.7 Å². The highest BCUT2D eigenvalue weighted by atomic mass is 16.5. The molecule has 0 heterocycles. The summed E-state index contributed by atoms with van der Waals surface area (Å²) >= 11 is 0. The van der Waals surface area contributed by atoms with Gasteiger partial charge in [0.1, 0.15) is 17.6 Å². The van der Waals surface area contributed by atoms with Crippen molar-refractivity contribution in [1.82, 2.24) is 0 Å². The van der Waals surface area contributed by atoms with Gasteiger partial charge in [-0.25, -0.2) is 0 Å². The summed E-state index contributed by atoms with van der Waals surface area (Å²) in [6, 6.07) is 71.4. The number of hydrogen-bond donors (Lipinski definition) is 0. The molecule has 0 bridgehead atoms. The maximum atomic E-state index is 10.4. The second-order valence-electron chi connectivity index (χ2n) is 14.9. The summed E-state index contributed by atoms with van der Waals surface area (Å²) in [6.45, 7) is 0. The molecule has 0 unspecified atom stereocenters. The van der Waals surface area contributed by atoms with Gasteiger partial charge in [-0.1, -0.05) is 109 Å². The van der Waals surface area contributed by atoms with Crippen LogP contribution in [0.4, 0.5) is 34.1 Å². The lowest BCUT2D eigenvalue weighted by molar-refractivity contribution is 0.414. The second-order valence-corrected chi connectivity index (χ2v) is 14.9. The van der Waals surface area contributed by atoms with Crippen LogP contribution in [-0.2, 0) is 0 Å². The van der Waals surface area contributed by atoms with Crippen LogP contribution in [0.5, 0.6) is 11.5 Å². The molecule has 0 amide bonds. The van der Waals surface area contributed by atoms with Crippen LogP contribution in [0, 0.1) is 11.3 Å². The van der Waals surface area contributed by atoms with Gasteiger partial charge in [-0.15, -0.1) is 0 Å². The maximum Gasteiger partial charge on any atom is 0.119 e. The summed E-state index contributed by atoms with van der Waals surface area (Å²) in [4.78, 5) is 4.46. The minimum Gasteiger partial charge on any atom is -0.497 e. The molecule has 0 aromatic heterocycles. The van der Waals surface area contributed by atoms with Crippen LogP contribution in [0.15, 0.2) is 200 Å². The molecular formula is C57H43N3O2. The van der Waals surface area contributed by atoms with Gasteiger partial charge in [0.05, 0.1) is 19.8 Å². The summed E-state index contributed by atoms with van der Waals surface area (Å²) < 4.78 is 10.8. The van der Waals surface area contributed by atoms with Gasteiger partial charge >= 0.3 is 0 Å². The molecule has 0 saturated heterocycles. The largest absolute Gasteiger partial charge is 0.497 e. The van der Waals surface area contributed by atoms with Crippen molar-refractivity contribution in [2.24, 2.45) is 0 Å². The monoisotopic (exact) mass is 801 g/mol. The molecule has 0 aliphatic heterocycles. The van der Waals surface area contributed by atoms with E-state index in [4.69, 9.17) is 9.47 Å². The number of fused-ring (bicyclic) bond motifs is 2. The zero-order chi connectivity index (χ0) is 42.3. The van der Waals surface area contributed by atoms with Crippen molar-refractivity contribution in [1.29, 1.82) is 5.26 Å². The summed E-state index contributed by atoms with van der Waals surface area (Å²) in [6.07, 6.45) is 8.48. The molecule has 0 atom stereocenters. The molecule has 298 valence electrons. The number of nitrogens with zero attached hydrogens (tertiary/aromatic N) is 3. The third kappa shape index (κ3) is 8.40. The molecule has 0 fully saturated rings. The van der Waals surface area contributed by atoms with Crippen LogP contribution in [0.3, 0.4) is 0 Å². The fraction of sp³-hybridized carbons (Fsp3) is 0.0351. The molecule has 0 saturated carbocycles. The molecule has 9 aromatic carbocycles. The van der Waals surface area contributed by atoms with Gasteiger partial charge in [-0.2, -0.15) is 5.26 Å². The van der Waals surface area contributed by atoms with Gasteiger partial charge in [-0.05, 0) is 148 Å². The highest BCUT2D eigenvalue weighted by Gasteiger charge is 2.14. The molecule has 0 radical (unpaired) electrons. The van der Waals surface area contributed by atoms with E-state index in [1.807, 2.05) is 36.4 Å². The fourth-order valence-corrected chi connectivity index (χ4v) is 7.85. The first-order valence-corrected chi connectivity index (χ1v) is 20.5. The Morgan fingerprint density at radius 2 is 0.758 bits per heavy atom. The predicted molar refractivity (Wildman–Crippen MR) is 259 cm³/mol. The molecule has 9 aromatic rings. The zero-order valence-corrected chi connectivity index (χ0v) is 34.5. The zero-order valence-electron chi connectivity index (χ0n) is 34.5. The second kappa shape index (κ2) is 17.9. The highest BCUT2D eigenvalue weighted by molar-refractivity contribution is 6.05. The van der Waals surface area contributed by atoms with E-state index in [0.717, 1.165) is 89.4 Å². The number of nitriles is 1. The molecule has 0 aliphatic carbocycles. The predicted octanol–water partition coefficient (Wildman–Crippen LogP) is 15.2. The lowest BCUT2D eigenvalue weighted by Crippen LogP contribution is -2.09. The number of benzene rings is 9. The number of methoxy groups -OCH3 is 2. The van der Waals surface area contributed by atoms with Crippen LogP contribution in [0.1, 0.15) is 27.8 Å². The number of ether oxygens (including phenoxy) is 2. The third-order valence-electron chi connectivity index (χ3n) is 11.0. The van der Waals surface area contributed by atoms with Crippen molar-refractivity contribution in [3.63, 3.8) is 0 Å². The number of anilines is 6. The van der Waals surface area contributed by atoms with Crippen molar-refractivity contribution in [3.8, 4) is 17.6 Å². The van der Waals surface area contributed by atoms with Crippen LogP contribution in [-0.4, -0.2) is 14.2 Å². The molecule has 9 rings (SSSR count). The average molecular weight is 802 g/mol. The highest BCUT2D eigenvalue weighted by Crippen LogP contribution is 2.37. The van der Waals surface area contributed by atoms with Gasteiger partial charge in [-0.3, -0.25) is 0 Å². The van der Waals surface area contributed by atoms with Crippen molar-refractivity contribution < 1.29 is 9.47 Å². The average Bonchev–Trinajstić information content (AvgIpc) is 3.34. The van der Waals surface area contributed by atoms with Gasteiger partial charge in [0.25, 0.3) is 0 Å². The fourth-order valence-electron chi connectivity index (χ4n) is 7.85. The SMILES string of the molecule is COc1ccc(N(c2ccccc2)c2ccc(/C=C/c3ccc4c(C#N)c5cc(/C=C/c6ccc(N(c7ccccc7)c7ccc(OC)cc7)cc6)ccc5cc4c3)cc2)cc1. The molecule has 0 aliphatic rings. The van der Waals surface area contributed by atoms with Crippen LogP contribution in [0.25, 0.3) is 45.8 Å². The van der Waals surface area contributed by atoms with E-state index >= 15 is 0 Å². The van der Waals surface area contributed by atoms with E-state index in [2.05, 4.69) is 204 Å². The summed E-state index contributed by atoms with van der Waals surface area (Å²) in [5, 5.41) is 14.4. The Morgan fingerprint density at radius 1 is 0.371 bits per heavy atom. The van der Waals surface area contributed by atoms with E-state index in [1.54, 1.807) is 14.2 Å². The van der Waals surface area contributed by atoms with Gasteiger partial charge < -0.3 is 19.3 Å². The normalized spacial score (nSPS) is 11.2. The van der Waals surface area contributed by atoms with E-state index in [-0.39, 0.29) is 0 Å². The van der Waals surface area contributed by atoms with E-state index in [9.17, 15) is 5.26 Å². The Labute approximate surface area is 362 Å². The van der Waals surface area contributed by atoms with E-state index in [1.165, 1.54) is 0 Å². The van der Waals surface area contributed by atoms with Crippen molar-refractivity contribution in [3.05, 3.63) is 228 Å². The molecule has 5 nitrogen and oxygen atoms in total. The summed E-state index contributed by atoms with van der Waals surface area (Å²) in [5.41, 5.74) is 11.3. The van der Waals surface area contributed by atoms with Crippen molar-refractivity contribution >= 4 is 80.0 Å². The maximum absolute atomic E-state index is 10.4. The molecule has 62 heavy (non-hydrogen) atoms. The molecule has 5 heteroatoms. The van der Waals surface area contributed by atoms with Crippen LogP contribution < -0.4 is 19.3 Å². The minimum atomic E-state index is 0.683. The number of rotatable bonds is 12. The first-order chi connectivity index (χ1) is 30.6. The molecular weight excluding hydrogens is 759 g/mol. The Kier molecular flexibility index (Phi) is 11.3. The Balaban J connectivity index is 0.931. The third-order valence-corrected chi connectivity index (χ3v) is 11.0. The molecule has 0 N–H and O–H groups in total. The minimum absolute atomic E-state index is 0.683. The van der Waals surface area contributed by atoms with Gasteiger partial charge in [0.15, 0.2) is 0 Å². The lowest BCUT2D eigenvalue weighted by atomic mass is 9.94. The summed E-state index contributed by atoms with van der Waals surface area (Å²) in [7, 11) is 3.36. The van der Waals surface area contributed by atoms with Crippen LogP contribution in [0.2, 0.25) is 0 Å². The lowest BCUT2D eigenvalue weighted by Gasteiger charge is -2.25. The van der Waals surface area contributed by atoms with Crippen molar-refractivity contribution in [2.45, 2.75) is 0 Å².